The molecule has 0 aromatic heterocycles. The van der Waals surface area contributed by atoms with Crippen molar-refractivity contribution in [2.75, 3.05) is 14.2 Å². The van der Waals surface area contributed by atoms with E-state index in [1.165, 1.54) is 50.7 Å². The van der Waals surface area contributed by atoms with Gasteiger partial charge in [0.25, 0.3) is 0 Å². The van der Waals surface area contributed by atoms with Crippen molar-refractivity contribution in [3.63, 3.8) is 0 Å². The van der Waals surface area contributed by atoms with Crippen LogP contribution in [0.15, 0.2) is 48.6 Å². The Balaban J connectivity index is 2.00. The number of carbonyl (C=O) groups excluding carboxylic acids is 2. The second-order valence-electron chi connectivity index (χ2n) is 5.63. The van der Waals surface area contributed by atoms with Gasteiger partial charge in [-0.25, -0.2) is 0 Å². The normalized spacial score (nSPS) is 11.0. The van der Waals surface area contributed by atoms with Crippen LogP contribution in [0.1, 0.15) is 17.5 Å². The molecule has 2 aromatic carbocycles. The van der Waals surface area contributed by atoms with E-state index in [-0.39, 0.29) is 17.9 Å². The number of carbonyl (C=O) groups is 2. The summed E-state index contributed by atoms with van der Waals surface area (Å²) in [5, 5.41) is 19.5. The van der Waals surface area contributed by atoms with Crippen molar-refractivity contribution in [3.05, 3.63) is 59.7 Å². The molecule has 0 heterocycles. The van der Waals surface area contributed by atoms with Gasteiger partial charge in [0.05, 0.1) is 20.6 Å². The number of phenolic OH excluding ortho intramolecular Hbond substituents is 2. The zero-order chi connectivity index (χ0) is 19.8. The monoisotopic (exact) mass is 368 g/mol. The van der Waals surface area contributed by atoms with Gasteiger partial charge in [-0.2, -0.15) is 0 Å². The van der Waals surface area contributed by atoms with Crippen LogP contribution >= 0.6 is 0 Å². The van der Waals surface area contributed by atoms with E-state index in [4.69, 9.17) is 9.47 Å². The molecule has 0 amide bonds. The molecule has 0 aliphatic rings. The van der Waals surface area contributed by atoms with Crippen LogP contribution < -0.4 is 9.47 Å². The van der Waals surface area contributed by atoms with E-state index in [1.54, 1.807) is 24.3 Å². The van der Waals surface area contributed by atoms with Crippen LogP contribution in [-0.2, 0) is 9.59 Å². The first-order chi connectivity index (χ1) is 12.9. The smallest absolute Gasteiger partial charge is 0.163 e. The summed E-state index contributed by atoms with van der Waals surface area (Å²) in [4.78, 5) is 23.9. The summed E-state index contributed by atoms with van der Waals surface area (Å²) in [5.41, 5.74) is 0.819. The highest BCUT2D eigenvalue weighted by Gasteiger charge is 2.06. The van der Waals surface area contributed by atoms with E-state index in [9.17, 15) is 19.8 Å². The minimum atomic E-state index is -0.415. The Kier molecular flexibility index (Phi) is 6.77. The number of allylic oxidation sites excluding steroid dienone is 2. The maximum absolute atomic E-state index is 11.9. The molecule has 2 N–H and O–H groups in total. The van der Waals surface area contributed by atoms with Crippen molar-refractivity contribution in [2.45, 2.75) is 6.42 Å². The number of benzene rings is 2. The molecule has 2 aromatic rings. The number of hydrogen-bond donors (Lipinski definition) is 2. The Labute approximate surface area is 157 Å². The SMILES string of the molecule is COc1ccc(O)c(C=CC(=O)CC(=O)C=Cc2cc(OC)ccc2O)c1. The fraction of sp³-hybridized carbons (Fsp3) is 0.143. The Morgan fingerprint density at radius 1 is 0.815 bits per heavy atom. The van der Waals surface area contributed by atoms with Gasteiger partial charge >= 0.3 is 0 Å². The summed E-state index contributed by atoms with van der Waals surface area (Å²) in [7, 11) is 2.99. The highest BCUT2D eigenvalue weighted by Crippen LogP contribution is 2.25. The first-order valence-corrected chi connectivity index (χ1v) is 8.08. The van der Waals surface area contributed by atoms with Gasteiger partial charge in [-0.1, -0.05) is 0 Å². The molecule has 27 heavy (non-hydrogen) atoms. The number of rotatable bonds is 8. The molecule has 2 rings (SSSR count). The maximum Gasteiger partial charge on any atom is 0.163 e. The van der Waals surface area contributed by atoms with Crippen molar-refractivity contribution in [1.82, 2.24) is 0 Å². The summed E-state index contributed by atoms with van der Waals surface area (Å²) in [5.74, 6) is 0.247. The number of ketones is 2. The van der Waals surface area contributed by atoms with E-state index in [2.05, 4.69) is 0 Å². The molecule has 0 saturated carbocycles. The minimum Gasteiger partial charge on any atom is -0.507 e. The summed E-state index contributed by atoms with van der Waals surface area (Å²) >= 11 is 0. The number of aromatic hydroxyl groups is 2. The third-order valence-corrected chi connectivity index (χ3v) is 3.72. The highest BCUT2D eigenvalue weighted by molar-refractivity contribution is 6.11. The van der Waals surface area contributed by atoms with Gasteiger partial charge in [-0.15, -0.1) is 0 Å². The van der Waals surface area contributed by atoms with Crippen LogP contribution in [0.5, 0.6) is 23.0 Å². The molecule has 0 spiro atoms. The summed E-state index contributed by atoms with van der Waals surface area (Å²) < 4.78 is 10.1. The van der Waals surface area contributed by atoms with Gasteiger partial charge in [0.1, 0.15) is 23.0 Å². The second-order valence-corrected chi connectivity index (χ2v) is 5.63. The molecule has 140 valence electrons. The van der Waals surface area contributed by atoms with Crippen molar-refractivity contribution in [2.24, 2.45) is 0 Å². The first kappa shape index (κ1) is 19.8. The van der Waals surface area contributed by atoms with Gasteiger partial charge in [0.15, 0.2) is 11.6 Å². The van der Waals surface area contributed by atoms with Crippen LogP contribution in [0, 0.1) is 0 Å². The molecule has 6 nitrogen and oxygen atoms in total. The van der Waals surface area contributed by atoms with Crippen molar-refractivity contribution in [1.29, 1.82) is 0 Å². The lowest BCUT2D eigenvalue weighted by molar-refractivity contribution is -0.121. The Hall–Kier alpha value is -3.54. The van der Waals surface area contributed by atoms with Crippen LogP contribution in [-0.4, -0.2) is 36.0 Å². The fourth-order valence-corrected chi connectivity index (χ4v) is 2.24. The Morgan fingerprint density at radius 2 is 1.22 bits per heavy atom. The van der Waals surface area contributed by atoms with E-state index >= 15 is 0 Å². The van der Waals surface area contributed by atoms with Crippen LogP contribution in [0.25, 0.3) is 12.2 Å². The summed E-state index contributed by atoms with van der Waals surface area (Å²) in [6, 6.07) is 9.25. The van der Waals surface area contributed by atoms with Crippen LogP contribution in [0.2, 0.25) is 0 Å². The molecule has 0 fully saturated rings. The second kappa shape index (κ2) is 9.24. The van der Waals surface area contributed by atoms with E-state index < -0.39 is 11.6 Å². The Bertz CT molecular complexity index is 822. The minimum absolute atomic E-state index is 0.000396. The number of hydrogen-bond acceptors (Lipinski definition) is 6. The first-order valence-electron chi connectivity index (χ1n) is 8.08. The van der Waals surface area contributed by atoms with Crippen molar-refractivity contribution >= 4 is 23.7 Å². The number of methoxy groups -OCH3 is 2. The van der Waals surface area contributed by atoms with Gasteiger partial charge in [-0.05, 0) is 60.7 Å². The molecular formula is C21H20O6. The third-order valence-electron chi connectivity index (χ3n) is 3.72. The van der Waals surface area contributed by atoms with E-state index in [0.717, 1.165) is 0 Å². The van der Waals surface area contributed by atoms with Gasteiger partial charge in [0, 0.05) is 11.1 Å². The molecule has 0 aliphatic carbocycles. The average Bonchev–Trinajstić information content (AvgIpc) is 2.66. The number of phenols is 2. The maximum atomic E-state index is 11.9. The van der Waals surface area contributed by atoms with Gasteiger partial charge < -0.3 is 19.7 Å². The van der Waals surface area contributed by atoms with Gasteiger partial charge in [0.2, 0.25) is 0 Å². The standard InChI is InChI=1S/C21H20O6/c1-26-18-7-9-20(24)14(11-18)3-5-16(22)13-17(23)6-4-15-12-19(27-2)8-10-21(15)25/h3-12,24-25H,13H2,1-2H3. The molecule has 0 radical (unpaired) electrons. The molecule has 0 aliphatic heterocycles. The summed E-state index contributed by atoms with van der Waals surface area (Å²) in [6.45, 7) is 0. The molecule has 0 bridgehead atoms. The lowest BCUT2D eigenvalue weighted by Gasteiger charge is -2.03. The Morgan fingerprint density at radius 3 is 1.59 bits per heavy atom. The highest BCUT2D eigenvalue weighted by atomic mass is 16.5. The van der Waals surface area contributed by atoms with Crippen molar-refractivity contribution in [3.8, 4) is 23.0 Å². The van der Waals surface area contributed by atoms with Gasteiger partial charge in [-0.3, -0.25) is 9.59 Å². The van der Waals surface area contributed by atoms with Crippen molar-refractivity contribution < 1.29 is 29.3 Å². The fourth-order valence-electron chi connectivity index (χ4n) is 2.24. The topological polar surface area (TPSA) is 93.1 Å². The largest absolute Gasteiger partial charge is 0.507 e. The van der Waals surface area contributed by atoms with Crippen LogP contribution in [0.3, 0.4) is 0 Å². The molecular weight excluding hydrogens is 348 g/mol. The zero-order valence-electron chi connectivity index (χ0n) is 15.0. The number of ether oxygens (including phenoxy) is 2. The molecule has 0 atom stereocenters. The lowest BCUT2D eigenvalue weighted by atomic mass is 10.1. The average molecular weight is 368 g/mol. The molecule has 0 unspecified atom stereocenters. The predicted molar refractivity (Wildman–Crippen MR) is 102 cm³/mol. The third kappa shape index (κ3) is 5.74. The lowest BCUT2D eigenvalue weighted by Crippen LogP contribution is -2.02. The van der Waals surface area contributed by atoms with Crippen LogP contribution in [0.4, 0.5) is 0 Å². The quantitative estimate of drug-likeness (QED) is 0.548. The van der Waals surface area contributed by atoms with E-state index in [0.29, 0.717) is 22.6 Å². The predicted octanol–water partition coefficient (Wildman–Crippen LogP) is 3.37. The zero-order valence-corrected chi connectivity index (χ0v) is 15.0. The molecule has 0 saturated heterocycles. The summed E-state index contributed by atoms with van der Waals surface area (Å²) in [6.07, 6.45) is 4.96. The van der Waals surface area contributed by atoms with E-state index in [1.807, 2.05) is 0 Å². The molecule has 6 heteroatoms.